The van der Waals surface area contributed by atoms with Crippen molar-refractivity contribution in [3.05, 3.63) is 102 Å². The molecule has 2 atom stereocenters. The maximum Gasteiger partial charge on any atom is 0.328 e. The molecule has 3 amide bonds. The Morgan fingerprint density at radius 3 is 1.88 bits per heavy atom. The summed E-state index contributed by atoms with van der Waals surface area (Å²) in [5.41, 5.74) is 2.63. The van der Waals surface area contributed by atoms with Crippen LogP contribution in [0, 0.1) is 0 Å². The van der Waals surface area contributed by atoms with Gasteiger partial charge < -0.3 is 20.7 Å². The number of amides is 3. The number of likely N-dealkylation sites (tertiary alicyclic amines) is 1. The van der Waals surface area contributed by atoms with Gasteiger partial charge in [0, 0.05) is 24.1 Å². The molecular weight excluding hydrogens is 520 g/mol. The minimum Gasteiger partial charge on any atom is -0.467 e. The molecule has 1 heterocycles. The first-order chi connectivity index (χ1) is 19.9. The van der Waals surface area contributed by atoms with Gasteiger partial charge in [0.15, 0.2) is 0 Å². The van der Waals surface area contributed by atoms with Gasteiger partial charge in [0.1, 0.15) is 12.1 Å². The predicted molar refractivity (Wildman–Crippen MR) is 156 cm³/mol. The molecule has 1 aliphatic rings. The standard InChI is InChI=1S/C32H36N4O5/c1-41-32(40)28(21-24-12-6-3-7-13-24)35-31(39)27(20-23-10-4-2-5-11-23)34-30(38)25-14-16-26(17-15-25)33-29(37)22-36-18-8-9-19-36/h2-7,10-17,27-28H,8-9,18-22H2,1H3,(H,33,37)(H,34,38)(H,35,39)/t27-,28-/m0/s1. The normalized spacial score (nSPS) is 14.5. The number of carbonyl (C=O) groups excluding carboxylic acids is 4. The highest BCUT2D eigenvalue weighted by atomic mass is 16.5. The molecule has 41 heavy (non-hydrogen) atoms. The number of benzene rings is 3. The predicted octanol–water partition coefficient (Wildman–Crippen LogP) is 2.96. The summed E-state index contributed by atoms with van der Waals surface area (Å²) < 4.78 is 4.94. The zero-order valence-corrected chi connectivity index (χ0v) is 23.2. The third-order valence-corrected chi connectivity index (χ3v) is 6.99. The second-order valence-corrected chi connectivity index (χ2v) is 10.1. The SMILES string of the molecule is COC(=O)[C@H](Cc1ccccc1)NC(=O)[C@H](Cc1ccccc1)NC(=O)c1ccc(NC(=O)CN2CCCC2)cc1. The Labute approximate surface area is 240 Å². The number of esters is 1. The summed E-state index contributed by atoms with van der Waals surface area (Å²) in [6, 6.07) is 23.3. The number of methoxy groups -OCH3 is 1. The molecule has 214 valence electrons. The third kappa shape index (κ3) is 9.01. The van der Waals surface area contributed by atoms with Gasteiger partial charge in [0.25, 0.3) is 5.91 Å². The van der Waals surface area contributed by atoms with Crippen LogP contribution in [0.1, 0.15) is 34.3 Å². The van der Waals surface area contributed by atoms with Gasteiger partial charge in [-0.1, -0.05) is 60.7 Å². The Kier molecular flexibility index (Phi) is 10.6. The Morgan fingerprint density at radius 2 is 1.32 bits per heavy atom. The van der Waals surface area contributed by atoms with Crippen molar-refractivity contribution >= 4 is 29.4 Å². The van der Waals surface area contributed by atoms with E-state index in [-0.39, 0.29) is 18.7 Å². The van der Waals surface area contributed by atoms with Gasteiger partial charge >= 0.3 is 5.97 Å². The summed E-state index contributed by atoms with van der Waals surface area (Å²) in [6.07, 6.45) is 2.69. The van der Waals surface area contributed by atoms with Crippen LogP contribution in [0.15, 0.2) is 84.9 Å². The van der Waals surface area contributed by atoms with Gasteiger partial charge in [0.2, 0.25) is 11.8 Å². The summed E-state index contributed by atoms with van der Waals surface area (Å²) in [4.78, 5) is 53.7. The Morgan fingerprint density at radius 1 is 0.756 bits per heavy atom. The number of ether oxygens (including phenoxy) is 1. The first kappa shape index (κ1) is 29.5. The van der Waals surface area contributed by atoms with E-state index in [4.69, 9.17) is 4.74 Å². The summed E-state index contributed by atoms with van der Waals surface area (Å²) in [5, 5.41) is 8.46. The number of anilines is 1. The van der Waals surface area contributed by atoms with Crippen LogP contribution in [0.4, 0.5) is 5.69 Å². The van der Waals surface area contributed by atoms with Crippen molar-refractivity contribution in [1.29, 1.82) is 0 Å². The minimum atomic E-state index is -0.951. The molecule has 9 nitrogen and oxygen atoms in total. The van der Waals surface area contributed by atoms with Gasteiger partial charge in [-0.05, 0) is 61.3 Å². The lowest BCUT2D eigenvalue weighted by Crippen LogP contribution is -2.53. The van der Waals surface area contributed by atoms with Gasteiger partial charge in [-0.15, -0.1) is 0 Å². The fourth-order valence-corrected chi connectivity index (χ4v) is 4.81. The highest BCUT2D eigenvalue weighted by Gasteiger charge is 2.28. The molecule has 0 aliphatic carbocycles. The van der Waals surface area contributed by atoms with Crippen LogP contribution in [0.3, 0.4) is 0 Å². The van der Waals surface area contributed by atoms with Crippen LogP contribution in [-0.2, 0) is 32.0 Å². The van der Waals surface area contributed by atoms with E-state index < -0.39 is 29.9 Å². The number of nitrogens with zero attached hydrogens (tertiary/aromatic N) is 1. The van der Waals surface area contributed by atoms with Crippen molar-refractivity contribution in [3.8, 4) is 0 Å². The van der Waals surface area contributed by atoms with Crippen LogP contribution < -0.4 is 16.0 Å². The number of hydrogen-bond acceptors (Lipinski definition) is 6. The molecule has 0 aromatic heterocycles. The highest BCUT2D eigenvalue weighted by Crippen LogP contribution is 2.13. The number of hydrogen-bond donors (Lipinski definition) is 3. The molecule has 9 heteroatoms. The van der Waals surface area contributed by atoms with Gasteiger partial charge in [-0.25, -0.2) is 4.79 Å². The summed E-state index contributed by atoms with van der Waals surface area (Å²) in [7, 11) is 1.27. The Bertz CT molecular complexity index is 1310. The molecule has 4 rings (SSSR count). The third-order valence-electron chi connectivity index (χ3n) is 6.99. The molecule has 0 radical (unpaired) electrons. The molecule has 0 bridgehead atoms. The zero-order chi connectivity index (χ0) is 29.0. The van der Waals surface area contributed by atoms with Crippen molar-refractivity contribution in [2.24, 2.45) is 0 Å². The number of rotatable bonds is 12. The Balaban J connectivity index is 1.43. The fourth-order valence-electron chi connectivity index (χ4n) is 4.81. The van der Waals surface area contributed by atoms with Crippen LogP contribution in [0.25, 0.3) is 0 Å². The van der Waals surface area contributed by atoms with Gasteiger partial charge in [-0.3, -0.25) is 19.3 Å². The lowest BCUT2D eigenvalue weighted by Gasteiger charge is -2.23. The van der Waals surface area contributed by atoms with Crippen molar-refractivity contribution < 1.29 is 23.9 Å². The zero-order valence-electron chi connectivity index (χ0n) is 23.2. The average molecular weight is 557 g/mol. The number of nitrogens with one attached hydrogen (secondary N) is 3. The van der Waals surface area contributed by atoms with E-state index in [0.717, 1.165) is 37.1 Å². The van der Waals surface area contributed by atoms with Crippen molar-refractivity contribution in [2.45, 2.75) is 37.8 Å². The quantitative estimate of drug-likeness (QED) is 0.296. The van der Waals surface area contributed by atoms with Crippen LogP contribution >= 0.6 is 0 Å². The van der Waals surface area contributed by atoms with E-state index >= 15 is 0 Å². The lowest BCUT2D eigenvalue weighted by atomic mass is 10.0. The fraction of sp³-hybridized carbons (Fsp3) is 0.312. The number of carbonyl (C=O) groups is 4. The van der Waals surface area contributed by atoms with Gasteiger partial charge in [0.05, 0.1) is 13.7 Å². The minimum absolute atomic E-state index is 0.0978. The lowest BCUT2D eigenvalue weighted by molar-refractivity contribution is -0.145. The average Bonchev–Trinajstić information content (AvgIpc) is 3.50. The molecule has 1 fully saturated rings. The molecule has 3 aromatic rings. The van der Waals surface area contributed by atoms with Crippen LogP contribution in [-0.4, -0.2) is 67.4 Å². The van der Waals surface area contributed by atoms with Gasteiger partial charge in [-0.2, -0.15) is 0 Å². The smallest absolute Gasteiger partial charge is 0.328 e. The van der Waals surface area contributed by atoms with Crippen molar-refractivity contribution in [1.82, 2.24) is 15.5 Å². The van der Waals surface area contributed by atoms with E-state index in [2.05, 4.69) is 20.9 Å². The van der Waals surface area contributed by atoms with E-state index in [1.807, 2.05) is 60.7 Å². The summed E-state index contributed by atoms with van der Waals surface area (Å²) >= 11 is 0. The molecule has 0 saturated carbocycles. The molecule has 3 N–H and O–H groups in total. The molecule has 1 saturated heterocycles. The first-order valence-corrected chi connectivity index (χ1v) is 13.8. The van der Waals surface area contributed by atoms with Crippen LogP contribution in [0.5, 0.6) is 0 Å². The first-order valence-electron chi connectivity index (χ1n) is 13.8. The topological polar surface area (TPSA) is 117 Å². The van der Waals surface area contributed by atoms with E-state index in [9.17, 15) is 19.2 Å². The molecule has 1 aliphatic heterocycles. The maximum absolute atomic E-state index is 13.5. The largest absolute Gasteiger partial charge is 0.467 e. The maximum atomic E-state index is 13.5. The van der Waals surface area contributed by atoms with E-state index in [0.29, 0.717) is 17.8 Å². The second kappa shape index (κ2) is 14.8. The summed E-state index contributed by atoms with van der Waals surface area (Å²) in [5.74, 6) is -1.62. The molecule has 0 spiro atoms. The second-order valence-electron chi connectivity index (χ2n) is 10.1. The Hall–Kier alpha value is -4.50. The van der Waals surface area contributed by atoms with Crippen molar-refractivity contribution in [3.63, 3.8) is 0 Å². The summed E-state index contributed by atoms with van der Waals surface area (Å²) in [6.45, 7) is 2.20. The highest BCUT2D eigenvalue weighted by molar-refractivity contribution is 5.99. The molecular formula is C32H36N4O5. The monoisotopic (exact) mass is 556 g/mol. The van der Waals surface area contributed by atoms with Crippen LogP contribution in [0.2, 0.25) is 0 Å². The van der Waals surface area contributed by atoms with Crippen molar-refractivity contribution in [2.75, 3.05) is 32.1 Å². The molecule has 3 aromatic carbocycles. The molecule has 0 unspecified atom stereocenters. The van der Waals surface area contributed by atoms with E-state index in [1.165, 1.54) is 7.11 Å². The van der Waals surface area contributed by atoms with E-state index in [1.54, 1.807) is 24.3 Å².